The van der Waals surface area contributed by atoms with Crippen LogP contribution in [-0.2, 0) is 4.79 Å². The topological polar surface area (TPSA) is 66.4 Å². The Balaban J connectivity index is 2.83. The smallest absolute Gasteiger partial charge is 0.326 e. The Kier molecular flexibility index (Phi) is 5.22. The number of hydrogen-bond donors (Lipinski definition) is 3. The number of carboxylic acids is 1. The van der Waals surface area contributed by atoms with Gasteiger partial charge in [0.1, 0.15) is 6.04 Å². The first kappa shape index (κ1) is 14.6. The van der Waals surface area contributed by atoms with Crippen molar-refractivity contribution in [2.24, 2.45) is 0 Å². The van der Waals surface area contributed by atoms with E-state index in [-0.39, 0.29) is 5.91 Å². The average molecular weight is 267 g/mol. The third-order valence-corrected chi connectivity index (χ3v) is 2.91. The van der Waals surface area contributed by atoms with E-state index >= 15 is 0 Å². The largest absolute Gasteiger partial charge is 0.480 e. The average Bonchev–Trinajstić information content (AvgIpc) is 2.27. The van der Waals surface area contributed by atoms with E-state index in [0.717, 1.165) is 11.1 Å². The summed E-state index contributed by atoms with van der Waals surface area (Å²) in [6, 6.07) is 4.54. The van der Waals surface area contributed by atoms with E-state index in [1.54, 1.807) is 6.07 Å². The Bertz CT molecular complexity index is 460. The summed E-state index contributed by atoms with van der Waals surface area (Å²) in [7, 11) is 0. The summed E-state index contributed by atoms with van der Waals surface area (Å²) in [6.45, 7) is 3.77. The summed E-state index contributed by atoms with van der Waals surface area (Å²) in [5.41, 5.74) is 2.41. The van der Waals surface area contributed by atoms with Gasteiger partial charge in [-0.25, -0.2) is 4.79 Å². The van der Waals surface area contributed by atoms with Crippen LogP contribution in [0.3, 0.4) is 0 Å². The number of aryl methyl sites for hydroxylation is 2. The minimum Gasteiger partial charge on any atom is -0.480 e. The number of amides is 1. The van der Waals surface area contributed by atoms with E-state index in [0.29, 0.717) is 17.7 Å². The number of carbonyl (C=O) groups is 2. The van der Waals surface area contributed by atoms with Crippen LogP contribution in [0.4, 0.5) is 0 Å². The predicted molar refractivity (Wildman–Crippen MR) is 73.3 cm³/mol. The van der Waals surface area contributed by atoms with Gasteiger partial charge in [0.25, 0.3) is 5.91 Å². The Hall–Kier alpha value is -1.49. The van der Waals surface area contributed by atoms with Crippen LogP contribution in [0.25, 0.3) is 0 Å². The highest BCUT2D eigenvalue weighted by molar-refractivity contribution is 7.80. The molecule has 0 aliphatic carbocycles. The molecule has 5 heteroatoms. The summed E-state index contributed by atoms with van der Waals surface area (Å²) >= 11 is 3.98. The molecule has 0 aromatic heterocycles. The lowest BCUT2D eigenvalue weighted by molar-refractivity contribution is -0.139. The summed E-state index contributed by atoms with van der Waals surface area (Å²) in [4.78, 5) is 22.9. The van der Waals surface area contributed by atoms with Gasteiger partial charge in [0.2, 0.25) is 0 Å². The van der Waals surface area contributed by atoms with Gasteiger partial charge in [0.05, 0.1) is 0 Å². The van der Waals surface area contributed by atoms with Crippen molar-refractivity contribution in [3.05, 3.63) is 34.9 Å². The zero-order valence-corrected chi connectivity index (χ0v) is 11.3. The van der Waals surface area contributed by atoms with Crippen LogP contribution in [0.1, 0.15) is 27.9 Å². The molecule has 0 saturated heterocycles. The summed E-state index contributed by atoms with van der Waals surface area (Å²) < 4.78 is 0. The normalized spacial score (nSPS) is 11.9. The first-order valence-corrected chi connectivity index (χ1v) is 6.30. The molecule has 0 aliphatic heterocycles. The van der Waals surface area contributed by atoms with E-state index in [2.05, 4.69) is 17.9 Å². The molecule has 1 aromatic rings. The van der Waals surface area contributed by atoms with E-state index in [1.807, 2.05) is 26.0 Å². The zero-order chi connectivity index (χ0) is 13.7. The van der Waals surface area contributed by atoms with E-state index in [9.17, 15) is 9.59 Å². The Morgan fingerprint density at radius 3 is 2.56 bits per heavy atom. The van der Waals surface area contributed by atoms with Crippen LogP contribution in [-0.4, -0.2) is 28.8 Å². The summed E-state index contributed by atoms with van der Waals surface area (Å²) in [5.74, 6) is -0.992. The van der Waals surface area contributed by atoms with Gasteiger partial charge in [0.15, 0.2) is 0 Å². The molecule has 0 aliphatic rings. The van der Waals surface area contributed by atoms with Crippen molar-refractivity contribution >= 4 is 24.5 Å². The number of aliphatic carboxylic acids is 1. The maximum atomic E-state index is 12.0. The number of hydrogen-bond acceptors (Lipinski definition) is 3. The highest BCUT2D eigenvalue weighted by Gasteiger charge is 2.20. The maximum Gasteiger partial charge on any atom is 0.326 e. The molecule has 0 heterocycles. The summed E-state index contributed by atoms with van der Waals surface area (Å²) in [5, 5.41) is 11.5. The van der Waals surface area contributed by atoms with Crippen LogP contribution in [0.15, 0.2) is 18.2 Å². The van der Waals surface area contributed by atoms with E-state index in [4.69, 9.17) is 5.11 Å². The van der Waals surface area contributed by atoms with Crippen LogP contribution in [0, 0.1) is 13.8 Å². The van der Waals surface area contributed by atoms with Gasteiger partial charge in [-0.15, -0.1) is 0 Å². The third kappa shape index (κ3) is 3.77. The second-order valence-electron chi connectivity index (χ2n) is 4.19. The molecule has 2 N–H and O–H groups in total. The molecule has 1 atom stereocenters. The van der Waals surface area contributed by atoms with Crippen molar-refractivity contribution in [3.8, 4) is 0 Å². The molecule has 4 nitrogen and oxygen atoms in total. The molecule has 0 saturated carbocycles. The number of thiol groups is 1. The van der Waals surface area contributed by atoms with Crippen LogP contribution < -0.4 is 5.32 Å². The van der Waals surface area contributed by atoms with Crippen molar-refractivity contribution in [1.29, 1.82) is 0 Å². The summed E-state index contributed by atoms with van der Waals surface area (Å²) in [6.07, 6.45) is 0.301. The van der Waals surface area contributed by atoms with Crippen molar-refractivity contribution in [1.82, 2.24) is 5.32 Å². The molecule has 0 bridgehead atoms. The first-order chi connectivity index (χ1) is 8.45. The van der Waals surface area contributed by atoms with Gasteiger partial charge in [-0.3, -0.25) is 4.79 Å². The number of carboxylic acid groups (broad SMARTS) is 1. The van der Waals surface area contributed by atoms with Gasteiger partial charge < -0.3 is 10.4 Å². The molecular weight excluding hydrogens is 250 g/mol. The fraction of sp³-hybridized carbons (Fsp3) is 0.385. The second kappa shape index (κ2) is 6.44. The molecule has 98 valence electrons. The lowest BCUT2D eigenvalue weighted by Gasteiger charge is -2.14. The second-order valence-corrected chi connectivity index (χ2v) is 4.64. The molecule has 1 unspecified atom stereocenters. The van der Waals surface area contributed by atoms with Gasteiger partial charge in [-0.05, 0) is 37.7 Å². The van der Waals surface area contributed by atoms with Crippen LogP contribution in [0.5, 0.6) is 0 Å². The van der Waals surface area contributed by atoms with Gasteiger partial charge in [-0.2, -0.15) is 12.6 Å². The van der Waals surface area contributed by atoms with Crippen molar-refractivity contribution in [2.45, 2.75) is 26.3 Å². The van der Waals surface area contributed by atoms with Crippen molar-refractivity contribution in [2.75, 3.05) is 5.75 Å². The number of nitrogens with one attached hydrogen (secondary N) is 1. The van der Waals surface area contributed by atoms with E-state index in [1.165, 1.54) is 0 Å². The standard InChI is InChI=1S/C13H17NO3S/c1-8-3-4-10(9(2)7-8)12(15)14-11(5-6-18)13(16)17/h3-4,7,11,18H,5-6H2,1-2H3,(H,14,15)(H,16,17). The van der Waals surface area contributed by atoms with Crippen LogP contribution >= 0.6 is 12.6 Å². The SMILES string of the molecule is Cc1ccc(C(=O)NC(CCS)C(=O)O)c(C)c1. The predicted octanol–water partition coefficient (Wildman–Crippen LogP) is 1.81. The van der Waals surface area contributed by atoms with Gasteiger partial charge in [0, 0.05) is 5.56 Å². The van der Waals surface area contributed by atoms with Gasteiger partial charge >= 0.3 is 5.97 Å². The number of rotatable bonds is 5. The molecular formula is C13H17NO3S. The van der Waals surface area contributed by atoms with E-state index < -0.39 is 12.0 Å². The quantitative estimate of drug-likeness (QED) is 0.713. The monoisotopic (exact) mass is 267 g/mol. The minimum atomic E-state index is -1.04. The van der Waals surface area contributed by atoms with Crippen molar-refractivity contribution < 1.29 is 14.7 Å². The number of carbonyl (C=O) groups excluding carboxylic acids is 1. The molecule has 0 radical (unpaired) electrons. The molecule has 1 aromatic carbocycles. The maximum absolute atomic E-state index is 12.0. The molecule has 18 heavy (non-hydrogen) atoms. The highest BCUT2D eigenvalue weighted by Crippen LogP contribution is 2.11. The zero-order valence-electron chi connectivity index (χ0n) is 10.4. The lowest BCUT2D eigenvalue weighted by atomic mass is 10.0. The van der Waals surface area contributed by atoms with Crippen molar-refractivity contribution in [3.63, 3.8) is 0 Å². The Morgan fingerprint density at radius 2 is 2.06 bits per heavy atom. The Labute approximate surface area is 112 Å². The minimum absolute atomic E-state index is 0.301. The molecule has 0 fully saturated rings. The fourth-order valence-electron chi connectivity index (χ4n) is 1.69. The molecule has 0 spiro atoms. The molecule has 1 rings (SSSR count). The third-order valence-electron chi connectivity index (χ3n) is 2.65. The first-order valence-electron chi connectivity index (χ1n) is 5.67. The Morgan fingerprint density at radius 1 is 1.39 bits per heavy atom. The van der Waals surface area contributed by atoms with Crippen LogP contribution in [0.2, 0.25) is 0 Å². The lowest BCUT2D eigenvalue weighted by Crippen LogP contribution is -2.41. The number of benzene rings is 1. The fourth-order valence-corrected chi connectivity index (χ4v) is 1.95. The highest BCUT2D eigenvalue weighted by atomic mass is 32.1. The molecule has 1 amide bonds. The van der Waals surface area contributed by atoms with Gasteiger partial charge in [-0.1, -0.05) is 17.7 Å².